The van der Waals surface area contributed by atoms with Gasteiger partial charge >= 0.3 is 0 Å². The first-order valence-corrected chi connectivity index (χ1v) is 12.0. The highest BCUT2D eigenvalue weighted by Crippen LogP contribution is 2.27. The zero-order valence-electron chi connectivity index (χ0n) is 16.0. The maximum atomic E-state index is 13.2. The number of rotatable bonds is 6. The van der Waals surface area contributed by atoms with Crippen LogP contribution < -0.4 is 10.0 Å². The molecule has 0 aliphatic carbocycles. The van der Waals surface area contributed by atoms with E-state index >= 15 is 0 Å². The number of benzene rings is 3. The lowest BCUT2D eigenvalue weighted by molar-refractivity contribution is -0.290. The predicted molar refractivity (Wildman–Crippen MR) is 118 cm³/mol. The molecule has 0 saturated heterocycles. The molecular formula is C20H14Cl2FN4O3S2+. The first-order chi connectivity index (χ1) is 15.2. The van der Waals surface area contributed by atoms with Gasteiger partial charge in [-0.1, -0.05) is 17.7 Å². The Morgan fingerprint density at radius 1 is 1.12 bits per heavy atom. The first kappa shape index (κ1) is 22.4. The van der Waals surface area contributed by atoms with Crippen molar-refractivity contribution in [3.63, 3.8) is 0 Å². The van der Waals surface area contributed by atoms with Crippen LogP contribution in [-0.4, -0.2) is 23.1 Å². The minimum atomic E-state index is -4.08. The maximum absolute atomic E-state index is 13.2. The summed E-state index contributed by atoms with van der Waals surface area (Å²) >= 11 is 12.0. The van der Waals surface area contributed by atoms with E-state index in [1.165, 1.54) is 42.5 Å². The summed E-state index contributed by atoms with van der Waals surface area (Å²) in [6, 6.07) is 12.7. The lowest BCUT2D eigenvalue weighted by Gasteiger charge is -2.13. The van der Waals surface area contributed by atoms with Gasteiger partial charge in [-0.25, -0.2) is 12.8 Å². The number of sulfonamides is 1. The van der Waals surface area contributed by atoms with Gasteiger partial charge in [-0.05, 0) is 42.5 Å². The van der Waals surface area contributed by atoms with Crippen molar-refractivity contribution in [2.24, 2.45) is 0 Å². The monoisotopic (exact) mass is 511 g/mol. The van der Waals surface area contributed by atoms with Crippen molar-refractivity contribution in [1.29, 1.82) is 0 Å². The van der Waals surface area contributed by atoms with E-state index in [-0.39, 0.29) is 38.3 Å². The zero-order valence-corrected chi connectivity index (χ0v) is 19.2. The van der Waals surface area contributed by atoms with Gasteiger partial charge in [0.2, 0.25) is 5.02 Å². The molecule has 1 amide bonds. The Morgan fingerprint density at radius 2 is 1.94 bits per heavy atom. The molecule has 3 aromatic carbocycles. The van der Waals surface area contributed by atoms with Gasteiger partial charge < -0.3 is 5.32 Å². The number of hydrogen-bond donors (Lipinski definition) is 2. The number of carbonyl (C=O) groups excluding carboxylic acids is 1. The van der Waals surface area contributed by atoms with Crippen molar-refractivity contribution in [1.82, 2.24) is 14.1 Å². The molecule has 0 radical (unpaired) electrons. The topological polar surface area (TPSA) is 101 Å². The molecule has 2 N–H and O–H groups in total. The summed E-state index contributed by atoms with van der Waals surface area (Å²) in [7, 11) is -4.08. The molecule has 4 rings (SSSR count). The summed E-state index contributed by atoms with van der Waals surface area (Å²) in [6.45, 7) is 0.0282. The normalized spacial score (nSPS) is 11.5. The van der Waals surface area contributed by atoms with Crippen molar-refractivity contribution >= 4 is 56.0 Å². The van der Waals surface area contributed by atoms with Gasteiger partial charge in [0.05, 0.1) is 23.0 Å². The molecule has 164 valence electrons. The molecule has 4 aromatic rings. The lowest BCUT2D eigenvalue weighted by atomic mass is 10.1. The van der Waals surface area contributed by atoms with Gasteiger partial charge in [0.25, 0.3) is 15.9 Å². The quantitative estimate of drug-likeness (QED) is 0.408. The Balaban J connectivity index is 1.62. The minimum Gasteiger partial charge on any atom is -0.348 e. The fraction of sp³-hybridized carbons (Fsp3) is 0.0500. The molecule has 0 fully saturated rings. The van der Waals surface area contributed by atoms with Crippen LogP contribution in [0.3, 0.4) is 0 Å². The minimum absolute atomic E-state index is 0.0117. The van der Waals surface area contributed by atoms with E-state index in [0.717, 1.165) is 11.7 Å². The van der Waals surface area contributed by atoms with Gasteiger partial charge in [0.15, 0.2) is 11.6 Å². The van der Waals surface area contributed by atoms with Crippen molar-refractivity contribution in [3.05, 3.63) is 81.6 Å². The summed E-state index contributed by atoms with van der Waals surface area (Å²) < 4.78 is 49.9. The first-order valence-electron chi connectivity index (χ1n) is 9.02. The number of amides is 1. The van der Waals surface area contributed by atoms with Crippen molar-refractivity contribution < 1.29 is 29.2 Å². The SMILES string of the molecule is O=C(NCc1ccc(F)cc1[ClH+])c1cc(Cl)ccc1NS(=O)(=O)c1cccc2nsnc12. The van der Waals surface area contributed by atoms with E-state index in [2.05, 4.69) is 18.8 Å². The summed E-state index contributed by atoms with van der Waals surface area (Å²) in [5.74, 6) is -1.06. The molecule has 0 aliphatic rings. The molecule has 0 spiro atoms. The molecule has 0 unspecified atom stereocenters. The number of carbonyl (C=O) groups is 1. The van der Waals surface area contributed by atoms with Gasteiger partial charge in [-0.2, -0.15) is 8.75 Å². The van der Waals surface area contributed by atoms with Crippen LogP contribution in [0, 0.1) is 17.4 Å². The van der Waals surface area contributed by atoms with E-state index in [9.17, 15) is 17.6 Å². The number of hydrogen-bond acceptors (Lipinski definition) is 6. The van der Waals surface area contributed by atoms with E-state index in [0.29, 0.717) is 11.1 Å². The van der Waals surface area contributed by atoms with Crippen LogP contribution in [0.15, 0.2) is 59.5 Å². The highest BCUT2D eigenvalue weighted by Gasteiger charge is 2.23. The molecule has 1 heterocycles. The van der Waals surface area contributed by atoms with E-state index in [1.54, 1.807) is 12.1 Å². The third-order valence-electron chi connectivity index (χ3n) is 4.48. The molecule has 7 nitrogen and oxygen atoms in total. The van der Waals surface area contributed by atoms with Gasteiger partial charge in [-0.15, -0.1) is 0 Å². The van der Waals surface area contributed by atoms with Crippen molar-refractivity contribution in [2.75, 3.05) is 4.72 Å². The number of nitrogens with one attached hydrogen (secondary N) is 2. The third-order valence-corrected chi connectivity index (χ3v) is 7.03. The molecule has 0 bridgehead atoms. The summed E-state index contributed by atoms with van der Waals surface area (Å²) in [6.07, 6.45) is 0. The predicted octanol–water partition coefficient (Wildman–Crippen LogP) is 3.91. The second-order valence-electron chi connectivity index (χ2n) is 6.62. The molecule has 12 heteroatoms. The van der Waals surface area contributed by atoms with Crippen LogP contribution in [0.1, 0.15) is 15.9 Å². The average molecular weight is 512 g/mol. The Labute approximate surface area is 196 Å². The van der Waals surface area contributed by atoms with Crippen LogP contribution in [0.5, 0.6) is 0 Å². The van der Waals surface area contributed by atoms with Crippen LogP contribution in [0.4, 0.5) is 10.1 Å². The van der Waals surface area contributed by atoms with Crippen LogP contribution >= 0.6 is 23.3 Å². The standard InChI is InChI=1S/C20H13Cl2FN4O3S2/c21-12-5-7-16(27-32(29,30)18-3-1-2-17-19(18)26-31-25-17)14(8-12)20(28)24-10-11-4-6-13(23)9-15(11)22/h1-9,22H,10H2,(H-,24,27,28)/p+1. The van der Waals surface area contributed by atoms with Gasteiger partial charge in [0, 0.05) is 23.2 Å². The molecule has 32 heavy (non-hydrogen) atoms. The Kier molecular flexibility index (Phi) is 6.29. The molecule has 1 aromatic heterocycles. The van der Waals surface area contributed by atoms with Crippen LogP contribution in [-0.2, 0) is 16.6 Å². The second-order valence-corrected chi connectivity index (χ2v) is 9.67. The molecule has 0 atom stereocenters. The molecule has 0 saturated carbocycles. The maximum Gasteiger partial charge on any atom is 0.264 e. The van der Waals surface area contributed by atoms with Gasteiger partial charge in [-0.3, -0.25) is 9.52 Å². The lowest BCUT2D eigenvalue weighted by Crippen LogP contribution is -2.25. The van der Waals surface area contributed by atoms with Crippen LogP contribution in [0.2, 0.25) is 10.0 Å². The zero-order chi connectivity index (χ0) is 22.9. The summed E-state index contributed by atoms with van der Waals surface area (Å²) in [5, 5.41) is 3.16. The average Bonchev–Trinajstić information content (AvgIpc) is 3.23. The number of nitrogens with zero attached hydrogens (tertiary/aromatic N) is 2. The van der Waals surface area contributed by atoms with Crippen LogP contribution in [0.25, 0.3) is 11.0 Å². The van der Waals surface area contributed by atoms with Crippen molar-refractivity contribution in [2.45, 2.75) is 11.4 Å². The van der Waals surface area contributed by atoms with E-state index in [1.807, 2.05) is 0 Å². The summed E-state index contributed by atoms with van der Waals surface area (Å²) in [4.78, 5) is 12.8. The second kappa shape index (κ2) is 8.99. The number of aromatic nitrogens is 2. The van der Waals surface area contributed by atoms with Gasteiger partial charge in [0.1, 0.15) is 21.7 Å². The third kappa shape index (κ3) is 4.68. The largest absolute Gasteiger partial charge is 0.348 e. The smallest absolute Gasteiger partial charge is 0.264 e. The fourth-order valence-electron chi connectivity index (χ4n) is 2.94. The number of halogens is 3. The van der Waals surface area contributed by atoms with E-state index in [4.69, 9.17) is 23.2 Å². The number of fused-ring (bicyclic) bond motifs is 1. The fourth-order valence-corrected chi connectivity index (χ4v) is 5.21. The Bertz CT molecular complexity index is 1440. The van der Waals surface area contributed by atoms with Crippen molar-refractivity contribution in [3.8, 4) is 0 Å². The highest BCUT2D eigenvalue weighted by atomic mass is 35.5. The highest BCUT2D eigenvalue weighted by molar-refractivity contribution is 7.93. The number of anilines is 1. The molecule has 0 aliphatic heterocycles. The van der Waals surface area contributed by atoms with E-state index < -0.39 is 21.7 Å². The Hall–Kier alpha value is -2.79. The summed E-state index contributed by atoms with van der Waals surface area (Å²) in [5.41, 5.74) is 1.27. The Morgan fingerprint density at radius 3 is 2.72 bits per heavy atom. The molecular weight excluding hydrogens is 498 g/mol.